The molecule has 224 valence electrons. The van der Waals surface area contributed by atoms with Crippen molar-refractivity contribution in [2.24, 2.45) is 0 Å². The highest BCUT2D eigenvalue weighted by Crippen LogP contribution is 2.49. The quantitative estimate of drug-likeness (QED) is 0.228. The number of benzene rings is 2. The van der Waals surface area contributed by atoms with Crippen molar-refractivity contribution < 1.29 is 31.1 Å². The first-order valence-electron chi connectivity index (χ1n) is 13.7. The van der Waals surface area contributed by atoms with E-state index in [9.17, 15) is 26.4 Å². The molecule has 0 aliphatic heterocycles. The third-order valence-corrected chi connectivity index (χ3v) is 10.5. The van der Waals surface area contributed by atoms with Crippen LogP contribution in [-0.2, 0) is 21.8 Å². The van der Waals surface area contributed by atoms with Crippen LogP contribution in [-0.4, -0.2) is 52.4 Å². The minimum absolute atomic E-state index is 0.0720. The molecule has 1 N–H and O–H groups in total. The molecule has 5 rings (SSSR count). The molecule has 0 saturated heterocycles. The van der Waals surface area contributed by atoms with Crippen molar-refractivity contribution in [3.05, 3.63) is 76.1 Å². The summed E-state index contributed by atoms with van der Waals surface area (Å²) < 4.78 is 68.3. The van der Waals surface area contributed by atoms with Crippen molar-refractivity contribution in [2.75, 3.05) is 17.7 Å². The van der Waals surface area contributed by atoms with Crippen LogP contribution in [0.5, 0.6) is 6.01 Å². The Kier molecular flexibility index (Phi) is 8.23. The van der Waals surface area contributed by atoms with Crippen molar-refractivity contribution in [3.63, 3.8) is 0 Å². The Labute approximate surface area is 247 Å². The Balaban J connectivity index is 1.32. The number of nitrogens with zero attached hydrogens (tertiary/aromatic N) is 3. The van der Waals surface area contributed by atoms with Gasteiger partial charge in [0.05, 0.1) is 10.3 Å². The zero-order chi connectivity index (χ0) is 30.2. The Morgan fingerprint density at radius 2 is 1.67 bits per heavy atom. The molecular formula is C29H30ClF3N4O4S. The van der Waals surface area contributed by atoms with E-state index in [1.807, 2.05) is 19.1 Å². The van der Waals surface area contributed by atoms with Crippen LogP contribution in [0.15, 0.2) is 48.5 Å². The van der Waals surface area contributed by atoms with Crippen LogP contribution >= 0.6 is 11.6 Å². The van der Waals surface area contributed by atoms with Gasteiger partial charge in [-0.2, -0.15) is 28.1 Å². The molecule has 3 aromatic rings. The fraction of sp³-hybridized carbons (Fsp3) is 0.448. The minimum atomic E-state index is -4.58. The molecule has 0 spiro atoms. The van der Waals surface area contributed by atoms with Crippen molar-refractivity contribution in [1.82, 2.24) is 15.0 Å². The summed E-state index contributed by atoms with van der Waals surface area (Å²) in [6, 6.07) is 13.1. The first kappa shape index (κ1) is 30.2. The highest BCUT2D eigenvalue weighted by molar-refractivity contribution is 7.93. The van der Waals surface area contributed by atoms with Crippen LogP contribution in [0.3, 0.4) is 0 Å². The number of ether oxygens (including phenoxy) is 1. The van der Waals surface area contributed by atoms with Crippen molar-refractivity contribution in [1.29, 1.82) is 0 Å². The number of halogens is 4. The fourth-order valence-corrected chi connectivity index (χ4v) is 7.23. The van der Waals surface area contributed by atoms with Gasteiger partial charge < -0.3 is 10.1 Å². The number of hydrogen-bond acceptors (Lipinski definition) is 8. The molecule has 0 unspecified atom stereocenters. The molecule has 1 heterocycles. The van der Waals surface area contributed by atoms with E-state index in [0.29, 0.717) is 29.8 Å². The molecule has 13 heteroatoms. The average molecular weight is 623 g/mol. The summed E-state index contributed by atoms with van der Waals surface area (Å²) in [4.78, 5) is 25.4. The number of ketones is 1. The first-order valence-corrected chi connectivity index (χ1v) is 15.7. The van der Waals surface area contributed by atoms with E-state index in [1.165, 1.54) is 12.1 Å². The summed E-state index contributed by atoms with van der Waals surface area (Å²) in [6.07, 6.45) is -0.464. The normalized spacial score (nSPS) is 17.0. The van der Waals surface area contributed by atoms with Crippen LogP contribution in [0.25, 0.3) is 0 Å². The van der Waals surface area contributed by atoms with E-state index >= 15 is 0 Å². The lowest BCUT2D eigenvalue weighted by atomic mass is 10.1. The molecule has 2 aromatic carbocycles. The molecule has 0 atom stereocenters. The van der Waals surface area contributed by atoms with Crippen LogP contribution in [0, 0.1) is 0 Å². The lowest BCUT2D eigenvalue weighted by Gasteiger charge is -2.19. The molecule has 0 amide bonds. The Bertz CT molecular complexity index is 1560. The minimum Gasteiger partial charge on any atom is -0.454 e. The predicted molar refractivity (Wildman–Crippen MR) is 152 cm³/mol. The first-order chi connectivity index (χ1) is 19.8. The van der Waals surface area contributed by atoms with Crippen molar-refractivity contribution >= 4 is 33.2 Å². The second-order valence-electron chi connectivity index (χ2n) is 11.0. The number of carbonyl (C=O) groups is 1. The molecule has 8 nitrogen and oxygen atoms in total. The van der Waals surface area contributed by atoms with Crippen LogP contribution < -0.4 is 10.1 Å². The van der Waals surface area contributed by atoms with Gasteiger partial charge in [0, 0.05) is 17.0 Å². The molecule has 0 radical (unpaired) electrons. The lowest BCUT2D eigenvalue weighted by Crippen LogP contribution is -2.29. The third kappa shape index (κ3) is 7.03. The monoisotopic (exact) mass is 622 g/mol. The molecule has 1 aromatic heterocycles. The molecule has 2 aliphatic rings. The summed E-state index contributed by atoms with van der Waals surface area (Å²) >= 11 is 6.01. The number of alkyl halides is 3. The summed E-state index contributed by atoms with van der Waals surface area (Å²) in [5.41, 5.74) is 1.39. The van der Waals surface area contributed by atoms with Gasteiger partial charge in [-0.05, 0) is 55.4 Å². The summed E-state index contributed by atoms with van der Waals surface area (Å²) in [7, 11) is -3.56. The number of aromatic nitrogens is 3. The maximum atomic E-state index is 12.8. The maximum Gasteiger partial charge on any atom is 0.422 e. The summed E-state index contributed by atoms with van der Waals surface area (Å²) in [5, 5.41) is 3.81. The molecule has 2 aliphatic carbocycles. The average Bonchev–Trinajstić information content (AvgIpc) is 3.85. The fourth-order valence-electron chi connectivity index (χ4n) is 5.05. The third-order valence-electron chi connectivity index (χ3n) is 7.66. The zero-order valence-corrected chi connectivity index (χ0v) is 24.4. The maximum absolute atomic E-state index is 12.8. The number of nitrogens with one attached hydrogen (secondary N) is 1. The number of sulfone groups is 1. The van der Waals surface area contributed by atoms with Gasteiger partial charge in [-0.25, -0.2) is 8.42 Å². The smallest absolute Gasteiger partial charge is 0.422 e. The van der Waals surface area contributed by atoms with Gasteiger partial charge in [-0.3, -0.25) is 4.79 Å². The van der Waals surface area contributed by atoms with E-state index in [2.05, 4.69) is 20.3 Å². The number of hydrogen-bond donors (Lipinski definition) is 1. The van der Waals surface area contributed by atoms with Gasteiger partial charge in [0.15, 0.2) is 22.2 Å². The van der Waals surface area contributed by atoms with Gasteiger partial charge in [0.2, 0.25) is 5.95 Å². The molecule has 2 fully saturated rings. The predicted octanol–water partition coefficient (Wildman–Crippen LogP) is 6.09. The van der Waals surface area contributed by atoms with Gasteiger partial charge >= 0.3 is 12.2 Å². The van der Waals surface area contributed by atoms with E-state index in [4.69, 9.17) is 16.3 Å². The van der Waals surface area contributed by atoms with E-state index in [1.54, 1.807) is 24.3 Å². The highest BCUT2D eigenvalue weighted by atomic mass is 35.5. The van der Waals surface area contributed by atoms with Gasteiger partial charge in [-0.1, -0.05) is 61.3 Å². The van der Waals surface area contributed by atoms with Crippen LogP contribution in [0.2, 0.25) is 5.02 Å². The number of Topliss-reactive ketones (excluding diaryl/α,β-unsaturated/α-hetero) is 1. The highest BCUT2D eigenvalue weighted by Gasteiger charge is 2.53. The summed E-state index contributed by atoms with van der Waals surface area (Å²) in [5.74, 6) is -0.782. The second-order valence-corrected chi connectivity index (χ2v) is 13.8. The Morgan fingerprint density at radius 1 is 1.00 bits per heavy atom. The second kappa shape index (κ2) is 11.4. The number of rotatable bonds is 13. The largest absolute Gasteiger partial charge is 0.454 e. The van der Waals surface area contributed by atoms with Crippen molar-refractivity contribution in [2.45, 2.75) is 68.3 Å². The topological polar surface area (TPSA) is 111 Å². The Hall–Kier alpha value is -3.25. The lowest BCUT2D eigenvalue weighted by molar-refractivity contribution is -0.154. The zero-order valence-electron chi connectivity index (χ0n) is 22.9. The number of carbonyl (C=O) groups excluding carboxylic acids is 1. The number of anilines is 1. The van der Waals surface area contributed by atoms with Crippen LogP contribution in [0.4, 0.5) is 19.1 Å². The van der Waals surface area contributed by atoms with E-state index < -0.39 is 50.5 Å². The van der Waals surface area contributed by atoms with Gasteiger partial charge in [0.25, 0.3) is 0 Å². The van der Waals surface area contributed by atoms with Crippen LogP contribution in [0.1, 0.15) is 72.8 Å². The molecule has 2 saturated carbocycles. The molecular weight excluding hydrogens is 593 g/mol. The van der Waals surface area contributed by atoms with Crippen molar-refractivity contribution in [3.8, 4) is 6.01 Å². The van der Waals surface area contributed by atoms with Gasteiger partial charge in [0.1, 0.15) is 11.6 Å². The summed E-state index contributed by atoms with van der Waals surface area (Å²) in [6.45, 7) is 0.369. The standard InChI is InChI=1S/C29H30ClF3N4O4S/c1-2-11-27(12-13-27)42(39,40)17-23(38)20-5-3-19(4-6-20)16-24-34-25(36-26(35-24)41-18-29(31,32)33)37-28(14-15-28)21-7-9-22(30)10-8-21/h3-10H,2,11-18H2,1H3,(H,34,35,36,37). The molecule has 0 bridgehead atoms. The van der Waals surface area contributed by atoms with Gasteiger partial charge in [-0.15, -0.1) is 0 Å². The SMILES string of the molecule is CCCC1(S(=O)(=O)CC(=O)c2ccc(Cc3nc(NC4(c5ccc(Cl)cc5)CC4)nc(OCC(F)(F)F)n3)cc2)CC1. The van der Waals surface area contributed by atoms with E-state index in [-0.39, 0.29) is 23.8 Å². The molecule has 42 heavy (non-hydrogen) atoms. The van der Waals surface area contributed by atoms with E-state index in [0.717, 1.165) is 24.8 Å². The Morgan fingerprint density at radius 3 is 2.24 bits per heavy atom.